The summed E-state index contributed by atoms with van der Waals surface area (Å²) in [6.45, 7) is 1.57. The smallest absolute Gasteiger partial charge is 0.242 e. The van der Waals surface area contributed by atoms with Gasteiger partial charge in [-0.2, -0.15) is 11.8 Å². The van der Waals surface area contributed by atoms with Gasteiger partial charge in [0, 0.05) is 16.7 Å². The Kier molecular flexibility index (Phi) is 5.26. The normalized spacial score (nSPS) is 13.9. The molecule has 1 rings (SSSR count). The maximum Gasteiger partial charge on any atom is 0.242 e. The van der Waals surface area contributed by atoms with Crippen molar-refractivity contribution >= 4 is 33.1 Å². The first-order valence-corrected chi connectivity index (χ1v) is 8.45. The van der Waals surface area contributed by atoms with Gasteiger partial charge in [0.15, 0.2) is 0 Å². The van der Waals surface area contributed by atoms with Crippen molar-refractivity contribution in [1.82, 2.24) is 4.72 Å². The fourth-order valence-corrected chi connectivity index (χ4v) is 4.52. The Hall–Kier alpha value is -0.0800. The molecule has 0 aromatic carbocycles. The SMILES string of the molecule is CSCC(C)NS(=O)(=O)c1ccsc1CO. The van der Waals surface area contributed by atoms with E-state index in [1.807, 2.05) is 13.2 Å². The third-order valence-electron chi connectivity index (χ3n) is 1.91. The van der Waals surface area contributed by atoms with Gasteiger partial charge >= 0.3 is 0 Å². The molecular weight excluding hydrogens is 266 g/mol. The summed E-state index contributed by atoms with van der Waals surface area (Å²) < 4.78 is 26.4. The van der Waals surface area contributed by atoms with Crippen molar-refractivity contribution in [3.05, 3.63) is 16.3 Å². The first-order valence-electron chi connectivity index (χ1n) is 4.69. The molecule has 16 heavy (non-hydrogen) atoms. The molecule has 92 valence electrons. The van der Waals surface area contributed by atoms with Crippen LogP contribution in [0, 0.1) is 0 Å². The summed E-state index contributed by atoms with van der Waals surface area (Å²) >= 11 is 2.83. The fourth-order valence-electron chi connectivity index (χ4n) is 1.30. The molecule has 0 saturated heterocycles. The Morgan fingerprint density at radius 1 is 1.62 bits per heavy atom. The quantitative estimate of drug-likeness (QED) is 0.824. The van der Waals surface area contributed by atoms with Crippen molar-refractivity contribution in [2.45, 2.75) is 24.5 Å². The molecule has 0 radical (unpaired) electrons. The Balaban J connectivity index is 2.86. The third kappa shape index (κ3) is 3.46. The molecule has 7 heteroatoms. The number of sulfonamides is 1. The van der Waals surface area contributed by atoms with E-state index in [1.54, 1.807) is 17.1 Å². The van der Waals surface area contributed by atoms with Crippen molar-refractivity contribution in [2.75, 3.05) is 12.0 Å². The van der Waals surface area contributed by atoms with Crippen LogP contribution in [-0.2, 0) is 16.6 Å². The van der Waals surface area contributed by atoms with Crippen molar-refractivity contribution in [3.63, 3.8) is 0 Å². The molecule has 1 atom stereocenters. The molecule has 4 nitrogen and oxygen atoms in total. The van der Waals surface area contributed by atoms with E-state index >= 15 is 0 Å². The van der Waals surface area contributed by atoms with Gasteiger partial charge in [-0.05, 0) is 24.6 Å². The van der Waals surface area contributed by atoms with Crippen LogP contribution >= 0.6 is 23.1 Å². The van der Waals surface area contributed by atoms with Gasteiger partial charge in [0.2, 0.25) is 10.0 Å². The molecule has 0 saturated carbocycles. The molecule has 0 spiro atoms. The summed E-state index contributed by atoms with van der Waals surface area (Å²) in [6.07, 6.45) is 1.93. The van der Waals surface area contributed by atoms with Crippen LogP contribution in [0.3, 0.4) is 0 Å². The van der Waals surface area contributed by atoms with Crippen molar-refractivity contribution in [2.24, 2.45) is 0 Å². The molecule has 1 aromatic heterocycles. The van der Waals surface area contributed by atoms with Gasteiger partial charge in [-0.15, -0.1) is 11.3 Å². The molecule has 1 aromatic rings. The second kappa shape index (κ2) is 6.02. The van der Waals surface area contributed by atoms with Crippen LogP contribution in [0.1, 0.15) is 11.8 Å². The van der Waals surface area contributed by atoms with Gasteiger partial charge in [-0.1, -0.05) is 0 Å². The largest absolute Gasteiger partial charge is 0.391 e. The number of rotatable bonds is 6. The van der Waals surface area contributed by atoms with Gasteiger partial charge in [0.05, 0.1) is 11.5 Å². The highest BCUT2D eigenvalue weighted by Gasteiger charge is 2.21. The molecule has 1 heterocycles. The zero-order chi connectivity index (χ0) is 12.2. The number of aliphatic hydroxyl groups excluding tert-OH is 1. The Morgan fingerprint density at radius 3 is 2.88 bits per heavy atom. The zero-order valence-corrected chi connectivity index (χ0v) is 11.6. The summed E-state index contributed by atoms with van der Waals surface area (Å²) in [6, 6.07) is 1.40. The van der Waals surface area contributed by atoms with Gasteiger partial charge in [0.25, 0.3) is 0 Å². The number of nitrogens with one attached hydrogen (secondary N) is 1. The number of hydrogen-bond donors (Lipinski definition) is 2. The standard InChI is InChI=1S/C9H15NO3S3/c1-7(6-14-2)10-16(12,13)9-3-4-15-8(9)5-11/h3-4,7,10-11H,5-6H2,1-2H3. The van der Waals surface area contributed by atoms with Crippen LogP contribution in [0.25, 0.3) is 0 Å². The summed E-state index contributed by atoms with van der Waals surface area (Å²) in [5.74, 6) is 0.720. The van der Waals surface area contributed by atoms with Crippen molar-refractivity contribution in [1.29, 1.82) is 0 Å². The van der Waals surface area contributed by atoms with Crippen LogP contribution in [0.5, 0.6) is 0 Å². The number of hydrogen-bond acceptors (Lipinski definition) is 5. The molecule has 0 aliphatic rings. The molecular formula is C9H15NO3S3. The summed E-state index contributed by atoms with van der Waals surface area (Å²) in [7, 11) is -3.49. The van der Waals surface area contributed by atoms with E-state index in [9.17, 15) is 8.42 Å². The maximum absolute atomic E-state index is 11.9. The van der Waals surface area contributed by atoms with Crippen LogP contribution in [-0.4, -0.2) is 31.6 Å². The van der Waals surface area contributed by atoms with Crippen molar-refractivity contribution in [3.8, 4) is 0 Å². The average molecular weight is 281 g/mol. The Bertz CT molecular complexity index is 427. The maximum atomic E-state index is 11.9. The van der Waals surface area contributed by atoms with Crippen LogP contribution in [0.15, 0.2) is 16.3 Å². The van der Waals surface area contributed by atoms with Crippen LogP contribution in [0.2, 0.25) is 0 Å². The number of thioether (sulfide) groups is 1. The predicted molar refractivity (Wildman–Crippen MR) is 68.4 cm³/mol. The lowest BCUT2D eigenvalue weighted by atomic mass is 10.4. The molecule has 2 N–H and O–H groups in total. The van der Waals surface area contributed by atoms with E-state index in [0.717, 1.165) is 5.75 Å². The lowest BCUT2D eigenvalue weighted by Gasteiger charge is -2.12. The summed E-state index contributed by atoms with van der Waals surface area (Å²) in [5, 5.41) is 10.7. The molecule has 0 bridgehead atoms. The molecule has 1 unspecified atom stereocenters. The Morgan fingerprint density at radius 2 is 2.31 bits per heavy atom. The van der Waals surface area contributed by atoms with E-state index in [4.69, 9.17) is 5.11 Å². The average Bonchev–Trinajstić information content (AvgIpc) is 2.65. The molecule has 0 aliphatic heterocycles. The molecule has 0 amide bonds. The van der Waals surface area contributed by atoms with Gasteiger partial charge in [-0.25, -0.2) is 13.1 Å². The third-order valence-corrected chi connectivity index (χ3v) is 5.45. The predicted octanol–water partition coefficient (Wildman–Crippen LogP) is 1.27. The zero-order valence-electron chi connectivity index (χ0n) is 9.13. The minimum Gasteiger partial charge on any atom is -0.391 e. The van der Waals surface area contributed by atoms with Crippen LogP contribution < -0.4 is 4.72 Å². The second-order valence-electron chi connectivity index (χ2n) is 3.34. The van der Waals surface area contributed by atoms with E-state index in [0.29, 0.717) is 4.88 Å². The number of aliphatic hydroxyl groups is 1. The first kappa shape index (κ1) is 14.0. The second-order valence-corrected chi connectivity index (χ2v) is 6.94. The lowest BCUT2D eigenvalue weighted by Crippen LogP contribution is -2.34. The topological polar surface area (TPSA) is 66.4 Å². The highest BCUT2D eigenvalue weighted by Crippen LogP contribution is 2.22. The van der Waals surface area contributed by atoms with E-state index in [-0.39, 0.29) is 17.5 Å². The molecule has 0 aliphatic carbocycles. The minimum atomic E-state index is -3.49. The minimum absolute atomic E-state index is 0.119. The van der Waals surface area contributed by atoms with Gasteiger partial charge in [-0.3, -0.25) is 0 Å². The summed E-state index contributed by atoms with van der Waals surface area (Å²) in [4.78, 5) is 0.664. The summed E-state index contributed by atoms with van der Waals surface area (Å²) in [5.41, 5.74) is 0. The van der Waals surface area contributed by atoms with Crippen molar-refractivity contribution < 1.29 is 13.5 Å². The fraction of sp³-hybridized carbons (Fsp3) is 0.556. The van der Waals surface area contributed by atoms with E-state index < -0.39 is 10.0 Å². The van der Waals surface area contributed by atoms with E-state index in [1.165, 1.54) is 17.4 Å². The first-order chi connectivity index (χ1) is 7.51. The lowest BCUT2D eigenvalue weighted by molar-refractivity contribution is 0.282. The van der Waals surface area contributed by atoms with E-state index in [2.05, 4.69) is 4.72 Å². The Labute approximate surface area is 104 Å². The molecule has 0 fully saturated rings. The van der Waals surface area contributed by atoms with Crippen LogP contribution in [0.4, 0.5) is 0 Å². The monoisotopic (exact) mass is 281 g/mol. The highest BCUT2D eigenvalue weighted by molar-refractivity contribution is 7.98. The van der Waals surface area contributed by atoms with Gasteiger partial charge in [0.1, 0.15) is 0 Å². The van der Waals surface area contributed by atoms with Gasteiger partial charge < -0.3 is 5.11 Å². The highest BCUT2D eigenvalue weighted by atomic mass is 32.2. The number of thiophene rings is 1.